The van der Waals surface area contributed by atoms with E-state index in [2.05, 4.69) is 31.2 Å². The van der Waals surface area contributed by atoms with Crippen LogP contribution in [0, 0.1) is 11.6 Å². The van der Waals surface area contributed by atoms with Crippen LogP contribution in [0.5, 0.6) is 0 Å². The molecule has 184 valence electrons. The number of aliphatic hydroxyl groups is 2. The van der Waals surface area contributed by atoms with Gasteiger partial charge in [-0.2, -0.15) is 0 Å². The van der Waals surface area contributed by atoms with Gasteiger partial charge in [-0.3, -0.25) is 4.79 Å². The van der Waals surface area contributed by atoms with E-state index in [1.54, 1.807) is 6.20 Å². The number of carbonyl (C=O) groups excluding carboxylic acids is 1. The molecule has 10 heteroatoms. The topological polar surface area (TPSA) is 121 Å². The zero-order valence-electron chi connectivity index (χ0n) is 19.6. The first kappa shape index (κ1) is 23.8. The maximum Gasteiger partial charge on any atom is 0.254 e. The van der Waals surface area contributed by atoms with E-state index >= 15 is 4.39 Å². The molecule has 5 N–H and O–H groups in total. The van der Waals surface area contributed by atoms with Crippen LogP contribution < -0.4 is 11.1 Å². The van der Waals surface area contributed by atoms with Gasteiger partial charge >= 0.3 is 0 Å². The average Bonchev–Trinajstić information content (AvgIpc) is 2.84. The number of rotatable bonds is 6. The number of hydrogen-bond donors (Lipinski definition) is 4. The van der Waals surface area contributed by atoms with Gasteiger partial charge in [0.2, 0.25) is 0 Å². The van der Waals surface area contributed by atoms with Crippen molar-refractivity contribution in [3.8, 4) is 11.3 Å². The number of nitrogen functional groups attached to an aromatic ring is 1. The summed E-state index contributed by atoms with van der Waals surface area (Å²) in [7, 11) is 0. The van der Waals surface area contributed by atoms with Gasteiger partial charge in [-0.05, 0) is 61.6 Å². The fourth-order valence-electron chi connectivity index (χ4n) is 4.17. The number of nitrogens with one attached hydrogen (secondary N) is 1. The molecule has 1 amide bonds. The SMILES string of the molecule is [2H][C@](CO)(NC(=O)c1ccc(-c2nc(C3CCC(O)CC3)cnc2N)cc1F)c1cc(F)cc(Br)c1. The van der Waals surface area contributed by atoms with Crippen molar-refractivity contribution < 1.29 is 25.2 Å². The number of hydrogen-bond acceptors (Lipinski definition) is 6. The zero-order valence-corrected chi connectivity index (χ0v) is 20.2. The predicted octanol–water partition coefficient (Wildman–Crippen LogP) is 4.25. The van der Waals surface area contributed by atoms with Crippen molar-refractivity contribution in [3.63, 3.8) is 0 Å². The Kier molecular flexibility index (Phi) is 7.31. The smallest absolute Gasteiger partial charge is 0.254 e. The Hall–Kier alpha value is -2.95. The summed E-state index contributed by atoms with van der Waals surface area (Å²) in [6, 6.07) is 5.25. The third kappa shape index (κ3) is 5.83. The Morgan fingerprint density at radius 3 is 2.63 bits per heavy atom. The van der Waals surface area contributed by atoms with Crippen LogP contribution in [0.4, 0.5) is 14.6 Å². The number of amides is 1. The first-order valence-corrected chi connectivity index (χ1v) is 11.9. The predicted molar refractivity (Wildman–Crippen MR) is 130 cm³/mol. The lowest BCUT2D eigenvalue weighted by atomic mass is 9.85. The van der Waals surface area contributed by atoms with Crippen molar-refractivity contribution in [2.75, 3.05) is 12.3 Å². The molecule has 1 saturated carbocycles. The second-order valence-electron chi connectivity index (χ2n) is 8.48. The number of carbonyl (C=O) groups is 1. The molecule has 1 aliphatic rings. The van der Waals surface area contributed by atoms with Crippen LogP contribution in [-0.2, 0) is 0 Å². The van der Waals surface area contributed by atoms with Gasteiger partial charge in [-0.25, -0.2) is 18.7 Å². The van der Waals surface area contributed by atoms with Gasteiger partial charge in [-0.15, -0.1) is 0 Å². The van der Waals surface area contributed by atoms with E-state index in [4.69, 9.17) is 7.10 Å². The number of halogens is 3. The van der Waals surface area contributed by atoms with Crippen LogP contribution in [0.1, 0.15) is 60.6 Å². The number of aliphatic hydroxyl groups excluding tert-OH is 2. The van der Waals surface area contributed by atoms with Gasteiger partial charge in [0.05, 0.1) is 37.6 Å². The Bertz CT molecular complexity index is 1270. The largest absolute Gasteiger partial charge is 0.394 e. The molecule has 3 aromatic rings. The maximum atomic E-state index is 15.1. The first-order valence-electron chi connectivity index (χ1n) is 11.6. The molecule has 0 spiro atoms. The number of anilines is 1. The highest BCUT2D eigenvalue weighted by molar-refractivity contribution is 9.10. The van der Waals surface area contributed by atoms with Crippen molar-refractivity contribution >= 4 is 27.7 Å². The van der Waals surface area contributed by atoms with Crippen molar-refractivity contribution in [1.82, 2.24) is 15.3 Å². The van der Waals surface area contributed by atoms with Crippen LogP contribution >= 0.6 is 15.9 Å². The Morgan fingerprint density at radius 2 is 1.97 bits per heavy atom. The fourth-order valence-corrected chi connectivity index (χ4v) is 4.64. The summed E-state index contributed by atoms with van der Waals surface area (Å²) in [5.74, 6) is -2.30. The molecule has 2 aromatic carbocycles. The van der Waals surface area contributed by atoms with Gasteiger partial charge in [0.1, 0.15) is 23.1 Å². The molecule has 0 bridgehead atoms. The average molecular weight is 548 g/mol. The van der Waals surface area contributed by atoms with E-state index in [1.807, 2.05) is 0 Å². The monoisotopic (exact) mass is 547 g/mol. The van der Waals surface area contributed by atoms with Gasteiger partial charge in [0.15, 0.2) is 0 Å². The molecule has 35 heavy (non-hydrogen) atoms. The molecule has 1 aliphatic carbocycles. The number of nitrogens with zero attached hydrogens (tertiary/aromatic N) is 2. The minimum absolute atomic E-state index is 0.0163. The summed E-state index contributed by atoms with van der Waals surface area (Å²) in [6.45, 7) is -0.870. The minimum Gasteiger partial charge on any atom is -0.394 e. The molecule has 1 aromatic heterocycles. The third-order valence-corrected chi connectivity index (χ3v) is 6.51. The minimum atomic E-state index is -2.11. The van der Waals surface area contributed by atoms with E-state index in [1.165, 1.54) is 24.3 Å². The lowest BCUT2D eigenvalue weighted by Crippen LogP contribution is -2.31. The zero-order chi connectivity index (χ0) is 26.0. The van der Waals surface area contributed by atoms with E-state index < -0.39 is 30.2 Å². The Balaban J connectivity index is 1.59. The van der Waals surface area contributed by atoms with Crippen molar-refractivity contribution in [1.29, 1.82) is 0 Å². The van der Waals surface area contributed by atoms with Crippen molar-refractivity contribution in [3.05, 3.63) is 75.5 Å². The van der Waals surface area contributed by atoms with E-state index in [0.717, 1.165) is 25.0 Å². The molecular formula is C25H25BrF2N4O3. The number of benzene rings is 2. The quantitative estimate of drug-likeness (QED) is 0.366. The molecular weight excluding hydrogens is 522 g/mol. The summed E-state index contributed by atoms with van der Waals surface area (Å²) in [6.07, 6.45) is 4.13. The van der Waals surface area contributed by atoms with E-state index in [-0.39, 0.29) is 34.7 Å². The van der Waals surface area contributed by atoms with Gasteiger partial charge < -0.3 is 21.3 Å². The summed E-state index contributed by atoms with van der Waals surface area (Å²) in [5.41, 5.74) is 6.92. The number of aromatic nitrogens is 2. The van der Waals surface area contributed by atoms with E-state index in [0.29, 0.717) is 28.6 Å². The summed E-state index contributed by atoms with van der Waals surface area (Å²) >= 11 is 3.12. The Morgan fingerprint density at radius 1 is 1.23 bits per heavy atom. The van der Waals surface area contributed by atoms with Crippen molar-refractivity contribution in [2.24, 2.45) is 0 Å². The molecule has 1 heterocycles. The van der Waals surface area contributed by atoms with Gasteiger partial charge in [0.25, 0.3) is 5.91 Å². The fraction of sp³-hybridized carbons (Fsp3) is 0.320. The summed E-state index contributed by atoms with van der Waals surface area (Å²) < 4.78 is 37.6. The highest BCUT2D eigenvalue weighted by Gasteiger charge is 2.24. The molecule has 0 saturated heterocycles. The van der Waals surface area contributed by atoms with Gasteiger partial charge in [0, 0.05) is 16.0 Å². The summed E-state index contributed by atoms with van der Waals surface area (Å²) in [4.78, 5) is 21.6. The van der Waals surface area contributed by atoms with E-state index in [9.17, 15) is 19.4 Å². The lowest BCUT2D eigenvalue weighted by Gasteiger charge is -2.25. The number of nitrogens with two attached hydrogens (primary N) is 1. The molecule has 0 radical (unpaired) electrons. The molecule has 0 aliphatic heterocycles. The van der Waals surface area contributed by atoms with Crippen molar-refractivity contribution in [2.45, 2.75) is 43.7 Å². The molecule has 1 fully saturated rings. The molecule has 0 unspecified atom stereocenters. The lowest BCUT2D eigenvalue weighted by molar-refractivity contribution is 0.0912. The third-order valence-electron chi connectivity index (χ3n) is 6.06. The standard InChI is InChI=1S/C25H25BrF2N4O3/c26-16-7-15(8-17(27)10-16)22(12-33)32-25(35)19-6-3-14(9-20(19)28)23-24(29)30-11-21(31-23)13-1-4-18(34)5-2-13/h3,6-11,13,18,22,33-34H,1-2,4-5,12H2,(H2,29,30)(H,32,35)/t13?,18?,22-/m1/s1/i22D. The van der Waals surface area contributed by atoms with Crippen LogP contribution in [0.3, 0.4) is 0 Å². The first-order chi connectivity index (χ1) is 17.1. The Labute approximate surface area is 211 Å². The normalized spacial score (nSPS) is 20.1. The molecule has 7 nitrogen and oxygen atoms in total. The van der Waals surface area contributed by atoms with Crippen LogP contribution in [0.15, 0.2) is 47.1 Å². The van der Waals surface area contributed by atoms with Crippen LogP contribution in [0.2, 0.25) is 0 Å². The van der Waals surface area contributed by atoms with Crippen LogP contribution in [-0.4, -0.2) is 38.8 Å². The second-order valence-corrected chi connectivity index (χ2v) is 9.39. The highest BCUT2D eigenvalue weighted by atomic mass is 79.9. The van der Waals surface area contributed by atoms with Crippen LogP contribution in [0.25, 0.3) is 11.3 Å². The molecule has 4 rings (SSSR count). The summed E-state index contributed by atoms with van der Waals surface area (Å²) in [5, 5.41) is 21.8. The maximum absolute atomic E-state index is 15.1. The molecule has 1 atom stereocenters. The second kappa shape index (κ2) is 10.8. The highest BCUT2D eigenvalue weighted by Crippen LogP contribution is 2.34. The van der Waals surface area contributed by atoms with Gasteiger partial charge in [-0.1, -0.05) is 22.0 Å².